The Labute approximate surface area is 219 Å². The van der Waals surface area contributed by atoms with E-state index in [0.29, 0.717) is 26.1 Å². The molecule has 9 nitrogen and oxygen atoms in total. The van der Waals surface area contributed by atoms with Gasteiger partial charge in [0.15, 0.2) is 0 Å². The van der Waals surface area contributed by atoms with E-state index >= 15 is 0 Å². The minimum Gasteiger partial charge on any atom is -0.457 e. The Bertz CT molecular complexity index is 1140. The van der Waals surface area contributed by atoms with Crippen LogP contribution >= 0.6 is 0 Å². The highest BCUT2D eigenvalue weighted by Gasteiger charge is 2.42. The van der Waals surface area contributed by atoms with Gasteiger partial charge in [-0.1, -0.05) is 18.2 Å². The fourth-order valence-electron chi connectivity index (χ4n) is 4.29. The number of carbonyl (C=O) groups is 1. The summed E-state index contributed by atoms with van der Waals surface area (Å²) in [7, 11) is 3.05. The van der Waals surface area contributed by atoms with Gasteiger partial charge >= 0.3 is 12.3 Å². The molecule has 0 aromatic heterocycles. The van der Waals surface area contributed by atoms with Crippen molar-refractivity contribution in [2.75, 3.05) is 45.2 Å². The van der Waals surface area contributed by atoms with Crippen molar-refractivity contribution in [2.45, 2.75) is 45.0 Å². The maximum Gasteiger partial charge on any atom is 0.422 e. The van der Waals surface area contributed by atoms with Crippen LogP contribution < -0.4 is 9.64 Å². The van der Waals surface area contributed by atoms with Crippen molar-refractivity contribution in [3.63, 3.8) is 0 Å². The van der Waals surface area contributed by atoms with Crippen LogP contribution in [0.1, 0.15) is 32.8 Å². The van der Waals surface area contributed by atoms with Crippen LogP contribution in [0, 0.1) is 10.1 Å². The largest absolute Gasteiger partial charge is 0.457 e. The van der Waals surface area contributed by atoms with Crippen LogP contribution in [0.4, 0.5) is 29.3 Å². The number of hydrogen-bond acceptors (Lipinski definition) is 7. The Morgan fingerprint density at radius 1 is 1.13 bits per heavy atom. The zero-order valence-electron chi connectivity index (χ0n) is 22.1. The number of hydrogen-bond donors (Lipinski definition) is 0. The summed E-state index contributed by atoms with van der Waals surface area (Å²) in [5.74, 6) is -0.339. The third-order valence-corrected chi connectivity index (χ3v) is 6.18. The molecule has 0 radical (unpaired) electrons. The number of likely N-dealkylation sites (N-methyl/N-ethyl adjacent to an activating group) is 2. The first-order valence-electron chi connectivity index (χ1n) is 12.2. The standard InChI is InChI=1S/C26H33F3N4O5/c1-25(2,3)38-24(34)31(5)18-13-14-32(17-18)16-15-30(4)23-20(33(35)36)11-12-21(22(23)26(27,28)29)37-19-9-7-6-8-10-19/h6-12,18H,13-17H2,1-5H3/t18-/m1/s1. The SMILES string of the molecule is CN(CCN1CC[C@@H](N(C)C(=O)OC(C)(C)C)C1)c1c([N+](=O)[O-])ccc(Oc2ccccc2)c1C(F)(F)F. The summed E-state index contributed by atoms with van der Waals surface area (Å²) in [6.07, 6.45) is -4.68. The molecular formula is C26H33F3N4O5. The Morgan fingerprint density at radius 3 is 2.37 bits per heavy atom. The number of ether oxygens (including phenoxy) is 2. The molecule has 0 aliphatic carbocycles. The average Bonchev–Trinajstić information content (AvgIpc) is 3.29. The lowest BCUT2D eigenvalue weighted by Gasteiger charge is -2.29. The van der Waals surface area contributed by atoms with E-state index in [1.54, 1.807) is 46.0 Å². The van der Waals surface area contributed by atoms with Gasteiger partial charge in [-0.15, -0.1) is 0 Å². The summed E-state index contributed by atoms with van der Waals surface area (Å²) in [4.78, 5) is 28.1. The molecule has 12 heteroatoms. The summed E-state index contributed by atoms with van der Waals surface area (Å²) in [5.41, 5.74) is -3.06. The van der Waals surface area contributed by atoms with Crippen molar-refractivity contribution in [3.05, 3.63) is 58.1 Å². The number of halogens is 3. The zero-order valence-corrected chi connectivity index (χ0v) is 22.1. The van der Waals surface area contributed by atoms with Crippen molar-refractivity contribution in [3.8, 4) is 11.5 Å². The third-order valence-electron chi connectivity index (χ3n) is 6.18. The van der Waals surface area contributed by atoms with E-state index in [1.807, 2.05) is 4.90 Å². The molecule has 1 saturated heterocycles. The predicted molar refractivity (Wildman–Crippen MR) is 137 cm³/mol. The first-order chi connectivity index (χ1) is 17.7. The first kappa shape index (κ1) is 29.0. The predicted octanol–water partition coefficient (Wildman–Crippen LogP) is 5.78. The molecule has 1 atom stereocenters. The molecule has 0 unspecified atom stereocenters. The molecule has 1 heterocycles. The molecule has 2 aromatic carbocycles. The number of carbonyl (C=O) groups excluding carboxylic acids is 1. The number of anilines is 1. The average molecular weight is 539 g/mol. The van der Waals surface area contributed by atoms with E-state index in [4.69, 9.17) is 9.47 Å². The smallest absolute Gasteiger partial charge is 0.422 e. The summed E-state index contributed by atoms with van der Waals surface area (Å²) >= 11 is 0. The van der Waals surface area contributed by atoms with Crippen LogP contribution in [-0.4, -0.2) is 72.7 Å². The van der Waals surface area contributed by atoms with Gasteiger partial charge in [0.05, 0.1) is 4.92 Å². The number of nitro groups is 1. The highest BCUT2D eigenvalue weighted by molar-refractivity contribution is 5.73. The number of likely N-dealkylation sites (tertiary alicyclic amines) is 1. The van der Waals surface area contributed by atoms with Gasteiger partial charge in [0.2, 0.25) is 0 Å². The normalized spacial score (nSPS) is 16.3. The number of benzene rings is 2. The van der Waals surface area contributed by atoms with Gasteiger partial charge in [-0.2, -0.15) is 13.2 Å². The molecule has 0 N–H and O–H groups in total. The third kappa shape index (κ3) is 7.27. The van der Waals surface area contributed by atoms with Gasteiger partial charge < -0.3 is 19.3 Å². The van der Waals surface area contributed by atoms with Gasteiger partial charge in [0.25, 0.3) is 5.69 Å². The van der Waals surface area contributed by atoms with E-state index in [-0.39, 0.29) is 18.3 Å². The second-order valence-corrected chi connectivity index (χ2v) is 10.2. The zero-order chi connectivity index (χ0) is 28.3. The van der Waals surface area contributed by atoms with Crippen molar-refractivity contribution in [1.29, 1.82) is 0 Å². The molecule has 208 valence electrons. The second kappa shape index (κ2) is 11.5. The Hall–Kier alpha value is -3.54. The molecule has 38 heavy (non-hydrogen) atoms. The van der Waals surface area contributed by atoms with Crippen LogP contribution in [0.5, 0.6) is 11.5 Å². The topological polar surface area (TPSA) is 88.4 Å². The summed E-state index contributed by atoms with van der Waals surface area (Å²) < 4.78 is 53.8. The molecule has 1 aliphatic rings. The van der Waals surface area contributed by atoms with Gasteiger partial charge in [-0.25, -0.2) is 4.79 Å². The van der Waals surface area contributed by atoms with Crippen LogP contribution in [0.25, 0.3) is 0 Å². The first-order valence-corrected chi connectivity index (χ1v) is 12.2. The van der Waals surface area contributed by atoms with Crippen LogP contribution in [0.3, 0.4) is 0 Å². The summed E-state index contributed by atoms with van der Waals surface area (Å²) in [6, 6.07) is 9.82. The van der Waals surface area contributed by atoms with Crippen molar-refractivity contribution in [1.82, 2.24) is 9.80 Å². The lowest BCUT2D eigenvalue weighted by Crippen LogP contribution is -2.42. The van der Waals surface area contributed by atoms with Crippen LogP contribution in [-0.2, 0) is 10.9 Å². The number of para-hydroxylation sites is 1. The maximum atomic E-state index is 14.3. The summed E-state index contributed by atoms with van der Waals surface area (Å²) in [5, 5.41) is 11.7. The van der Waals surface area contributed by atoms with Gasteiger partial charge in [0.1, 0.15) is 28.4 Å². The number of rotatable bonds is 8. The Balaban J connectivity index is 1.79. The van der Waals surface area contributed by atoms with Gasteiger partial charge in [-0.05, 0) is 45.4 Å². The number of alkyl halides is 3. The lowest BCUT2D eigenvalue weighted by atomic mass is 10.1. The molecular weight excluding hydrogens is 505 g/mol. The van der Waals surface area contributed by atoms with Crippen molar-refractivity contribution in [2.24, 2.45) is 0 Å². The Morgan fingerprint density at radius 2 is 1.79 bits per heavy atom. The molecule has 0 bridgehead atoms. The molecule has 0 spiro atoms. The van der Waals surface area contributed by atoms with E-state index in [9.17, 15) is 28.1 Å². The monoisotopic (exact) mass is 538 g/mol. The maximum absolute atomic E-state index is 14.3. The fourth-order valence-corrected chi connectivity index (χ4v) is 4.29. The van der Waals surface area contributed by atoms with E-state index < -0.39 is 45.5 Å². The van der Waals surface area contributed by atoms with Gasteiger partial charge in [0, 0.05) is 52.4 Å². The van der Waals surface area contributed by atoms with E-state index in [1.165, 1.54) is 29.0 Å². The van der Waals surface area contributed by atoms with Crippen molar-refractivity contribution >= 4 is 17.5 Å². The molecule has 3 rings (SSSR count). The number of nitro benzene ring substituents is 1. The molecule has 0 saturated carbocycles. The van der Waals surface area contributed by atoms with E-state index in [0.717, 1.165) is 12.1 Å². The summed E-state index contributed by atoms with van der Waals surface area (Å²) in [6.45, 7) is 6.90. The van der Waals surface area contributed by atoms with Crippen LogP contribution in [0.15, 0.2) is 42.5 Å². The fraction of sp³-hybridized carbons (Fsp3) is 0.500. The Kier molecular flexibility index (Phi) is 8.75. The van der Waals surface area contributed by atoms with E-state index in [2.05, 4.69) is 0 Å². The van der Waals surface area contributed by atoms with Gasteiger partial charge in [-0.3, -0.25) is 15.0 Å². The number of amides is 1. The highest BCUT2D eigenvalue weighted by atomic mass is 19.4. The number of nitrogens with zero attached hydrogens (tertiary/aromatic N) is 4. The molecule has 2 aromatic rings. The van der Waals surface area contributed by atoms with Crippen LogP contribution in [0.2, 0.25) is 0 Å². The minimum atomic E-state index is -4.91. The highest BCUT2D eigenvalue weighted by Crippen LogP contribution is 2.48. The second-order valence-electron chi connectivity index (χ2n) is 10.2. The molecule has 1 fully saturated rings. The lowest BCUT2D eigenvalue weighted by molar-refractivity contribution is -0.384. The quantitative estimate of drug-likeness (QED) is 0.311. The van der Waals surface area contributed by atoms with Crippen molar-refractivity contribution < 1.29 is 32.4 Å². The molecule has 1 aliphatic heterocycles. The minimum absolute atomic E-state index is 0.0849. The molecule has 1 amide bonds.